The molecule has 0 fully saturated rings. The fourth-order valence-electron chi connectivity index (χ4n) is 2.77. The number of fused-ring (bicyclic) bond motifs is 1. The monoisotopic (exact) mass is 358 g/mol. The maximum atomic E-state index is 12.5. The molecule has 0 aliphatic heterocycles. The Morgan fingerprint density at radius 3 is 2.44 bits per heavy atom. The highest BCUT2D eigenvalue weighted by molar-refractivity contribution is 6.11. The Morgan fingerprint density at radius 2 is 1.78 bits per heavy atom. The Bertz CT molecular complexity index is 1050. The fourth-order valence-corrected chi connectivity index (χ4v) is 2.77. The highest BCUT2D eigenvalue weighted by Crippen LogP contribution is 2.32. The van der Waals surface area contributed by atoms with E-state index < -0.39 is 5.91 Å². The van der Waals surface area contributed by atoms with E-state index >= 15 is 0 Å². The summed E-state index contributed by atoms with van der Waals surface area (Å²) in [5, 5.41) is 14.0. The second kappa shape index (κ2) is 8.07. The molecule has 0 bridgehead atoms. The number of anilines is 1. The van der Waals surface area contributed by atoms with Crippen LogP contribution >= 0.6 is 0 Å². The molecule has 1 amide bonds. The summed E-state index contributed by atoms with van der Waals surface area (Å²) in [6, 6.07) is 20.3. The Labute approximate surface area is 157 Å². The van der Waals surface area contributed by atoms with Crippen LogP contribution < -0.4 is 14.8 Å². The molecular weight excluding hydrogens is 340 g/mol. The number of ether oxygens (including phenoxy) is 2. The molecule has 27 heavy (non-hydrogen) atoms. The summed E-state index contributed by atoms with van der Waals surface area (Å²) in [6.45, 7) is 0. The third kappa shape index (κ3) is 3.91. The molecule has 3 aromatic rings. The van der Waals surface area contributed by atoms with Crippen LogP contribution in [0.15, 0.2) is 66.2 Å². The van der Waals surface area contributed by atoms with Crippen LogP contribution in [-0.2, 0) is 4.79 Å². The lowest BCUT2D eigenvalue weighted by Crippen LogP contribution is -2.13. The largest absolute Gasteiger partial charge is 0.497 e. The molecule has 3 rings (SSSR count). The van der Waals surface area contributed by atoms with Crippen LogP contribution in [0.4, 0.5) is 5.69 Å². The summed E-state index contributed by atoms with van der Waals surface area (Å²) in [5.74, 6) is 0.763. The van der Waals surface area contributed by atoms with Crippen molar-refractivity contribution >= 4 is 28.4 Å². The number of amides is 1. The first-order valence-corrected chi connectivity index (χ1v) is 8.29. The Hall–Kier alpha value is -3.78. The first-order valence-electron chi connectivity index (χ1n) is 8.29. The predicted molar refractivity (Wildman–Crippen MR) is 106 cm³/mol. The first-order chi connectivity index (χ1) is 13.2. The van der Waals surface area contributed by atoms with Crippen molar-refractivity contribution in [1.82, 2.24) is 0 Å². The van der Waals surface area contributed by atoms with Crippen LogP contribution in [0.25, 0.3) is 16.8 Å². The first kappa shape index (κ1) is 18.0. The lowest BCUT2D eigenvalue weighted by molar-refractivity contribution is -0.112. The van der Waals surface area contributed by atoms with E-state index in [1.807, 2.05) is 54.6 Å². The van der Waals surface area contributed by atoms with Gasteiger partial charge < -0.3 is 14.8 Å². The van der Waals surface area contributed by atoms with Gasteiger partial charge in [-0.3, -0.25) is 4.79 Å². The van der Waals surface area contributed by atoms with E-state index in [0.29, 0.717) is 22.7 Å². The third-order valence-electron chi connectivity index (χ3n) is 4.14. The van der Waals surface area contributed by atoms with Gasteiger partial charge in [-0.2, -0.15) is 5.26 Å². The minimum Gasteiger partial charge on any atom is -0.497 e. The van der Waals surface area contributed by atoms with E-state index in [-0.39, 0.29) is 5.57 Å². The second-order valence-corrected chi connectivity index (χ2v) is 5.76. The summed E-state index contributed by atoms with van der Waals surface area (Å²) >= 11 is 0. The molecule has 0 heterocycles. The molecule has 0 unspecified atom stereocenters. The van der Waals surface area contributed by atoms with Crippen LogP contribution in [-0.4, -0.2) is 20.1 Å². The molecule has 0 aromatic heterocycles. The van der Waals surface area contributed by atoms with E-state index in [1.54, 1.807) is 32.4 Å². The van der Waals surface area contributed by atoms with Crippen LogP contribution in [0.2, 0.25) is 0 Å². The standard InChI is InChI=1S/C22H18N2O3/c1-26-18-10-8-15-9-11-21(27-2)20(19(15)13-18)12-16(14-23)22(25)24-17-6-4-3-5-7-17/h3-13H,1-2H3,(H,24,25). The molecule has 0 atom stereocenters. The maximum absolute atomic E-state index is 12.5. The van der Waals surface area contributed by atoms with Gasteiger partial charge in [-0.05, 0) is 47.2 Å². The Kier molecular flexibility index (Phi) is 5.38. The van der Waals surface area contributed by atoms with Gasteiger partial charge in [0.15, 0.2) is 0 Å². The minimum absolute atomic E-state index is 0.0209. The molecule has 0 aliphatic rings. The number of nitrogens with zero attached hydrogens (tertiary/aromatic N) is 1. The van der Waals surface area contributed by atoms with E-state index in [2.05, 4.69) is 5.32 Å². The molecule has 134 valence electrons. The summed E-state index contributed by atoms with van der Waals surface area (Å²) in [5.41, 5.74) is 1.25. The number of nitriles is 1. The Balaban J connectivity index is 2.08. The van der Waals surface area contributed by atoms with Gasteiger partial charge in [0.05, 0.1) is 14.2 Å². The Morgan fingerprint density at radius 1 is 1.04 bits per heavy atom. The molecule has 3 aromatic carbocycles. The number of carbonyl (C=O) groups excluding carboxylic acids is 1. The zero-order valence-corrected chi connectivity index (χ0v) is 15.0. The van der Waals surface area contributed by atoms with E-state index in [1.165, 1.54) is 0 Å². The zero-order chi connectivity index (χ0) is 19.2. The summed E-state index contributed by atoms with van der Waals surface area (Å²) in [6.07, 6.45) is 1.54. The molecule has 0 radical (unpaired) electrons. The lowest BCUT2D eigenvalue weighted by Gasteiger charge is -2.11. The molecule has 0 spiro atoms. The smallest absolute Gasteiger partial charge is 0.266 e. The van der Waals surface area contributed by atoms with Crippen molar-refractivity contribution in [3.63, 3.8) is 0 Å². The van der Waals surface area contributed by atoms with Crippen LogP contribution in [0.3, 0.4) is 0 Å². The van der Waals surface area contributed by atoms with E-state index in [0.717, 1.165) is 10.8 Å². The number of nitrogens with one attached hydrogen (secondary N) is 1. The second-order valence-electron chi connectivity index (χ2n) is 5.76. The number of para-hydroxylation sites is 1. The maximum Gasteiger partial charge on any atom is 0.266 e. The quantitative estimate of drug-likeness (QED) is 0.542. The SMILES string of the molecule is COc1ccc2ccc(OC)c(C=C(C#N)C(=O)Nc3ccccc3)c2c1. The van der Waals surface area contributed by atoms with Crippen LogP contribution in [0.5, 0.6) is 11.5 Å². The lowest BCUT2D eigenvalue weighted by atomic mass is 10.0. The zero-order valence-electron chi connectivity index (χ0n) is 15.0. The molecule has 0 aliphatic carbocycles. The number of rotatable bonds is 5. The predicted octanol–water partition coefficient (Wildman–Crippen LogP) is 4.40. The summed E-state index contributed by atoms with van der Waals surface area (Å²) in [4.78, 5) is 12.5. The van der Waals surface area contributed by atoms with Gasteiger partial charge in [0.25, 0.3) is 5.91 Å². The summed E-state index contributed by atoms with van der Waals surface area (Å²) < 4.78 is 10.7. The average Bonchev–Trinajstić information content (AvgIpc) is 2.71. The topological polar surface area (TPSA) is 71.3 Å². The van der Waals surface area contributed by atoms with Gasteiger partial charge in [0.2, 0.25) is 0 Å². The van der Waals surface area contributed by atoms with Gasteiger partial charge in [0, 0.05) is 11.3 Å². The van der Waals surface area contributed by atoms with E-state index in [9.17, 15) is 10.1 Å². The third-order valence-corrected chi connectivity index (χ3v) is 4.14. The molecule has 5 heteroatoms. The van der Waals surface area contributed by atoms with Crippen molar-refractivity contribution in [3.8, 4) is 17.6 Å². The minimum atomic E-state index is -0.481. The molecule has 0 saturated carbocycles. The molecule has 0 saturated heterocycles. The normalized spacial score (nSPS) is 10.9. The fraction of sp³-hybridized carbons (Fsp3) is 0.0909. The van der Waals surface area contributed by atoms with Gasteiger partial charge in [0.1, 0.15) is 23.1 Å². The van der Waals surface area contributed by atoms with Crippen molar-refractivity contribution in [2.75, 3.05) is 19.5 Å². The van der Waals surface area contributed by atoms with Crippen LogP contribution in [0, 0.1) is 11.3 Å². The van der Waals surface area contributed by atoms with E-state index in [4.69, 9.17) is 9.47 Å². The highest BCUT2D eigenvalue weighted by Gasteiger charge is 2.14. The number of carbonyl (C=O) groups is 1. The van der Waals surface area contributed by atoms with Crippen LogP contribution in [0.1, 0.15) is 5.56 Å². The van der Waals surface area contributed by atoms with Crippen molar-refractivity contribution in [3.05, 3.63) is 71.8 Å². The molecule has 5 nitrogen and oxygen atoms in total. The van der Waals surface area contributed by atoms with Gasteiger partial charge in [-0.25, -0.2) is 0 Å². The number of hydrogen-bond acceptors (Lipinski definition) is 4. The van der Waals surface area contributed by atoms with Gasteiger partial charge in [-0.15, -0.1) is 0 Å². The highest BCUT2D eigenvalue weighted by atomic mass is 16.5. The average molecular weight is 358 g/mol. The molecule has 1 N–H and O–H groups in total. The van der Waals surface area contributed by atoms with Gasteiger partial charge in [-0.1, -0.05) is 30.3 Å². The number of benzene rings is 3. The number of methoxy groups -OCH3 is 2. The van der Waals surface area contributed by atoms with Gasteiger partial charge >= 0.3 is 0 Å². The van der Waals surface area contributed by atoms with Crippen molar-refractivity contribution in [2.45, 2.75) is 0 Å². The van der Waals surface area contributed by atoms with Crippen molar-refractivity contribution in [2.24, 2.45) is 0 Å². The molecular formula is C22H18N2O3. The van der Waals surface area contributed by atoms with Crippen molar-refractivity contribution in [1.29, 1.82) is 5.26 Å². The summed E-state index contributed by atoms with van der Waals surface area (Å²) in [7, 11) is 3.14. The number of hydrogen-bond donors (Lipinski definition) is 1. The van der Waals surface area contributed by atoms with Crippen molar-refractivity contribution < 1.29 is 14.3 Å².